The van der Waals surface area contributed by atoms with E-state index < -0.39 is 0 Å². The molecule has 20 heavy (non-hydrogen) atoms. The summed E-state index contributed by atoms with van der Waals surface area (Å²) in [5.74, 6) is 0.700. The third kappa shape index (κ3) is 2.86. The second-order valence-corrected chi connectivity index (χ2v) is 4.54. The van der Waals surface area contributed by atoms with Crippen LogP contribution in [0.5, 0.6) is 0 Å². The molecule has 0 saturated heterocycles. The van der Waals surface area contributed by atoms with Crippen LogP contribution in [0.25, 0.3) is 17.1 Å². The summed E-state index contributed by atoms with van der Waals surface area (Å²) in [6.45, 7) is 4.13. The summed E-state index contributed by atoms with van der Waals surface area (Å²) in [6, 6.07) is 17.1. The van der Waals surface area contributed by atoms with E-state index >= 15 is 0 Å². The summed E-state index contributed by atoms with van der Waals surface area (Å²) in [7, 11) is 0. The van der Waals surface area contributed by atoms with Crippen LogP contribution in [-0.2, 0) is 21.1 Å². The van der Waals surface area contributed by atoms with Crippen LogP contribution in [0.2, 0.25) is 0 Å². The zero-order valence-electron chi connectivity index (χ0n) is 11.1. The molecule has 104 valence electrons. The Morgan fingerprint density at radius 2 is 1.80 bits per heavy atom. The minimum Gasteiger partial charge on any atom is -0.233 e. The molecule has 0 fully saturated rings. The van der Waals surface area contributed by atoms with Crippen molar-refractivity contribution in [1.29, 1.82) is 0 Å². The quantitative estimate of drug-likeness (QED) is 0.571. The molecular weight excluding hydrogens is 431 g/mol. The van der Waals surface area contributed by atoms with Gasteiger partial charge in [0, 0.05) is 21.1 Å². The van der Waals surface area contributed by atoms with E-state index in [9.17, 15) is 0 Å². The summed E-state index contributed by atoms with van der Waals surface area (Å²) in [5.41, 5.74) is 4.23. The molecule has 0 spiro atoms. The van der Waals surface area contributed by atoms with Gasteiger partial charge in [-0.15, -0.1) is 35.9 Å². The molecule has 0 aliphatic rings. The average molecular weight is 444 g/mol. The minimum atomic E-state index is 0. The van der Waals surface area contributed by atoms with E-state index in [1.807, 2.05) is 24.3 Å². The Hall–Kier alpha value is -1.80. The molecule has 0 amide bonds. The maximum absolute atomic E-state index is 4.09. The summed E-state index contributed by atoms with van der Waals surface area (Å²) in [4.78, 5) is 0. The Kier molecular flexibility index (Phi) is 4.45. The molecular formula is C15H13N4Pt-. The topological polar surface area (TPSA) is 43.6 Å². The van der Waals surface area contributed by atoms with Gasteiger partial charge >= 0.3 is 0 Å². The summed E-state index contributed by atoms with van der Waals surface area (Å²) in [6.07, 6.45) is 0. The largest absolute Gasteiger partial charge is 0.233 e. The Labute approximate surface area is 132 Å². The van der Waals surface area contributed by atoms with Crippen LogP contribution in [0.1, 0.15) is 11.1 Å². The fourth-order valence-corrected chi connectivity index (χ4v) is 2.13. The van der Waals surface area contributed by atoms with Gasteiger partial charge in [-0.3, -0.25) is 0 Å². The maximum atomic E-state index is 4.09. The number of hydrogen-bond donors (Lipinski definition) is 0. The van der Waals surface area contributed by atoms with Crippen LogP contribution < -0.4 is 0 Å². The summed E-state index contributed by atoms with van der Waals surface area (Å²) < 4.78 is 1.74. The molecule has 0 N–H and O–H groups in total. The molecule has 3 aromatic rings. The van der Waals surface area contributed by atoms with Crippen LogP contribution in [0, 0.1) is 19.9 Å². The first-order valence-corrected chi connectivity index (χ1v) is 6.08. The van der Waals surface area contributed by atoms with Crippen LogP contribution in [0.4, 0.5) is 0 Å². The van der Waals surface area contributed by atoms with Gasteiger partial charge in [-0.05, 0) is 47.5 Å². The molecule has 0 unspecified atom stereocenters. The monoisotopic (exact) mass is 444 g/mol. The van der Waals surface area contributed by atoms with Gasteiger partial charge in [0.15, 0.2) is 0 Å². The Balaban J connectivity index is 0.00000147. The van der Waals surface area contributed by atoms with Crippen LogP contribution in [-0.4, -0.2) is 20.2 Å². The predicted octanol–water partition coefficient (Wildman–Crippen LogP) is 2.74. The third-order valence-electron chi connectivity index (χ3n) is 2.87. The molecule has 0 atom stereocenters. The normalized spacial score (nSPS) is 10.1. The first kappa shape index (κ1) is 14.6. The number of benzene rings is 2. The fourth-order valence-electron chi connectivity index (χ4n) is 2.13. The zero-order valence-corrected chi connectivity index (χ0v) is 13.4. The van der Waals surface area contributed by atoms with Crippen molar-refractivity contribution in [1.82, 2.24) is 20.2 Å². The molecule has 1 heterocycles. The molecule has 0 saturated carbocycles. The Bertz CT molecular complexity index is 687. The maximum Gasteiger partial charge on any atom is 0.104 e. The van der Waals surface area contributed by atoms with Gasteiger partial charge in [-0.1, -0.05) is 6.07 Å². The molecule has 0 aliphatic heterocycles. The van der Waals surface area contributed by atoms with E-state index in [1.54, 1.807) is 4.68 Å². The van der Waals surface area contributed by atoms with Crippen molar-refractivity contribution in [2.75, 3.05) is 0 Å². The van der Waals surface area contributed by atoms with Crippen molar-refractivity contribution >= 4 is 0 Å². The van der Waals surface area contributed by atoms with Crippen molar-refractivity contribution in [2.45, 2.75) is 13.8 Å². The first-order valence-electron chi connectivity index (χ1n) is 6.08. The van der Waals surface area contributed by atoms with Gasteiger partial charge in [0.2, 0.25) is 0 Å². The van der Waals surface area contributed by atoms with Gasteiger partial charge in [-0.2, -0.15) is 5.10 Å². The third-order valence-corrected chi connectivity index (χ3v) is 2.87. The first-order chi connectivity index (χ1) is 9.24. The van der Waals surface area contributed by atoms with Gasteiger partial charge in [-0.25, -0.2) is 4.68 Å². The molecule has 3 rings (SSSR count). The number of aromatic nitrogens is 4. The fraction of sp³-hybridized carbons (Fsp3) is 0.133. The van der Waals surface area contributed by atoms with E-state index in [1.165, 1.54) is 11.1 Å². The van der Waals surface area contributed by atoms with Crippen molar-refractivity contribution in [3.05, 3.63) is 59.7 Å². The molecule has 1 aromatic heterocycles. The van der Waals surface area contributed by atoms with Gasteiger partial charge in [0.1, 0.15) is 5.82 Å². The SMILES string of the molecule is Cc1cc(C)cc(-n2nnnc2-c2[c-]cccc2)c1.[Pt]. The van der Waals surface area contributed by atoms with E-state index in [2.05, 4.69) is 53.6 Å². The van der Waals surface area contributed by atoms with Crippen LogP contribution >= 0.6 is 0 Å². The van der Waals surface area contributed by atoms with E-state index in [-0.39, 0.29) is 21.1 Å². The van der Waals surface area contributed by atoms with Crippen molar-refractivity contribution in [3.8, 4) is 17.1 Å². The number of nitrogens with zero attached hydrogens (tertiary/aromatic N) is 4. The number of rotatable bonds is 2. The molecule has 2 aromatic carbocycles. The molecule has 4 nitrogen and oxygen atoms in total. The molecule has 0 bridgehead atoms. The zero-order chi connectivity index (χ0) is 13.2. The standard InChI is InChI=1S/C15H13N4.Pt/c1-11-8-12(2)10-14(9-11)19-15(16-17-18-19)13-6-4-3-5-7-13;/h3-6,8-10H,1-2H3;/q-1;. The van der Waals surface area contributed by atoms with Crippen molar-refractivity contribution < 1.29 is 21.1 Å². The van der Waals surface area contributed by atoms with E-state index in [0.29, 0.717) is 5.82 Å². The van der Waals surface area contributed by atoms with Gasteiger partial charge < -0.3 is 0 Å². The number of aryl methyl sites for hydroxylation is 2. The summed E-state index contributed by atoms with van der Waals surface area (Å²) >= 11 is 0. The van der Waals surface area contributed by atoms with Gasteiger partial charge in [0.25, 0.3) is 0 Å². The van der Waals surface area contributed by atoms with Crippen LogP contribution in [0.15, 0.2) is 42.5 Å². The average Bonchev–Trinajstić information content (AvgIpc) is 2.88. The van der Waals surface area contributed by atoms with E-state index in [4.69, 9.17) is 0 Å². The van der Waals surface area contributed by atoms with E-state index in [0.717, 1.165) is 11.3 Å². The second kappa shape index (κ2) is 6.10. The Morgan fingerprint density at radius 3 is 2.45 bits per heavy atom. The Morgan fingerprint density at radius 1 is 1.05 bits per heavy atom. The van der Waals surface area contributed by atoms with Crippen LogP contribution in [0.3, 0.4) is 0 Å². The predicted molar refractivity (Wildman–Crippen MR) is 72.9 cm³/mol. The van der Waals surface area contributed by atoms with Crippen molar-refractivity contribution in [2.24, 2.45) is 0 Å². The number of hydrogen-bond acceptors (Lipinski definition) is 3. The van der Waals surface area contributed by atoms with Gasteiger partial charge in [0.05, 0.1) is 5.69 Å². The second-order valence-electron chi connectivity index (χ2n) is 4.54. The van der Waals surface area contributed by atoms with Crippen molar-refractivity contribution in [3.63, 3.8) is 0 Å². The smallest absolute Gasteiger partial charge is 0.104 e. The molecule has 5 heteroatoms. The number of tetrazole rings is 1. The molecule has 0 radical (unpaired) electrons. The molecule has 0 aliphatic carbocycles. The minimum absolute atomic E-state index is 0. The summed E-state index contributed by atoms with van der Waals surface area (Å²) in [5, 5.41) is 12.0.